The quantitative estimate of drug-likeness (QED) is 0.287. The average molecular weight is 559 g/mol. The number of pyridine rings is 1. The van der Waals surface area contributed by atoms with E-state index in [0.717, 1.165) is 49.0 Å². The SMILES string of the molecule is Cn1cnnc1-c1cc(F)ccc1-c1cc(C2CC2)nc(N2Cc3c(F)cc(CN4CCC[C@@H]4CF)cc3C2=O)c1. The van der Waals surface area contributed by atoms with Gasteiger partial charge in [-0.2, -0.15) is 0 Å². The highest BCUT2D eigenvalue weighted by Gasteiger charge is 2.35. The van der Waals surface area contributed by atoms with Crippen molar-refractivity contribution in [1.82, 2.24) is 24.6 Å². The summed E-state index contributed by atoms with van der Waals surface area (Å²) in [5.41, 5.74) is 4.24. The molecule has 210 valence electrons. The van der Waals surface area contributed by atoms with Crippen molar-refractivity contribution in [2.24, 2.45) is 7.05 Å². The first-order valence-electron chi connectivity index (χ1n) is 14.0. The molecule has 0 unspecified atom stereocenters. The number of nitrogens with zero attached hydrogens (tertiary/aromatic N) is 6. The van der Waals surface area contributed by atoms with E-state index in [4.69, 9.17) is 4.98 Å². The van der Waals surface area contributed by atoms with Crippen LogP contribution in [0, 0.1) is 11.6 Å². The lowest BCUT2D eigenvalue weighted by Gasteiger charge is -2.22. The van der Waals surface area contributed by atoms with Crippen LogP contribution in [0.25, 0.3) is 22.5 Å². The molecular weight excluding hydrogens is 529 g/mol. The Balaban J connectivity index is 1.26. The van der Waals surface area contributed by atoms with Gasteiger partial charge in [0, 0.05) is 47.9 Å². The number of hydrogen-bond donors (Lipinski definition) is 0. The van der Waals surface area contributed by atoms with E-state index in [1.54, 1.807) is 36.1 Å². The maximum absolute atomic E-state index is 15.4. The fraction of sp³-hybridized carbons (Fsp3) is 0.355. The molecule has 2 aromatic heterocycles. The fourth-order valence-electron chi connectivity index (χ4n) is 6.11. The van der Waals surface area contributed by atoms with Crippen molar-refractivity contribution in [2.75, 3.05) is 18.1 Å². The first-order valence-corrected chi connectivity index (χ1v) is 14.0. The van der Waals surface area contributed by atoms with Crippen LogP contribution in [-0.4, -0.2) is 49.8 Å². The Morgan fingerprint density at radius 2 is 1.85 bits per heavy atom. The Hall–Kier alpha value is -4.05. The zero-order valence-electron chi connectivity index (χ0n) is 22.7. The molecule has 1 saturated heterocycles. The summed E-state index contributed by atoms with van der Waals surface area (Å²) in [4.78, 5) is 22.1. The first kappa shape index (κ1) is 25.9. The van der Waals surface area contributed by atoms with E-state index < -0.39 is 18.3 Å². The molecular formula is C31H29F3N6O. The Morgan fingerprint density at radius 1 is 1.00 bits per heavy atom. The molecule has 1 amide bonds. The summed E-state index contributed by atoms with van der Waals surface area (Å²) >= 11 is 0. The summed E-state index contributed by atoms with van der Waals surface area (Å²) < 4.78 is 44.9. The number of alkyl halides is 1. The molecule has 2 fully saturated rings. The molecule has 1 aliphatic carbocycles. The summed E-state index contributed by atoms with van der Waals surface area (Å²) in [6.45, 7) is 0.796. The number of anilines is 1. The van der Waals surface area contributed by atoms with E-state index in [-0.39, 0.29) is 24.4 Å². The molecule has 3 aliphatic rings. The third-order valence-corrected chi connectivity index (χ3v) is 8.46. The third-order valence-electron chi connectivity index (χ3n) is 8.46. The number of likely N-dealkylation sites (tertiary alicyclic amines) is 1. The number of aromatic nitrogens is 4. The van der Waals surface area contributed by atoms with Crippen LogP contribution in [0.3, 0.4) is 0 Å². The molecule has 4 aromatic rings. The predicted molar refractivity (Wildman–Crippen MR) is 148 cm³/mol. The van der Waals surface area contributed by atoms with Gasteiger partial charge in [-0.1, -0.05) is 6.07 Å². The lowest BCUT2D eigenvalue weighted by molar-refractivity contribution is 0.0995. The maximum Gasteiger partial charge on any atom is 0.260 e. The number of amides is 1. The van der Waals surface area contributed by atoms with Crippen molar-refractivity contribution < 1.29 is 18.0 Å². The van der Waals surface area contributed by atoms with Gasteiger partial charge in [0.05, 0.1) is 6.54 Å². The summed E-state index contributed by atoms with van der Waals surface area (Å²) in [6.07, 6.45) is 5.25. The normalized spacial score (nSPS) is 18.9. The van der Waals surface area contributed by atoms with Crippen LogP contribution in [0.2, 0.25) is 0 Å². The van der Waals surface area contributed by atoms with Crippen LogP contribution in [0.4, 0.5) is 19.0 Å². The van der Waals surface area contributed by atoms with Crippen molar-refractivity contribution in [3.63, 3.8) is 0 Å². The monoisotopic (exact) mass is 558 g/mol. The molecule has 1 saturated carbocycles. The third kappa shape index (κ3) is 4.69. The molecule has 0 bridgehead atoms. The Bertz CT molecular complexity index is 1670. The molecule has 41 heavy (non-hydrogen) atoms. The molecule has 1 atom stereocenters. The lowest BCUT2D eigenvalue weighted by Crippen LogP contribution is -2.30. The van der Waals surface area contributed by atoms with Crippen molar-refractivity contribution in [3.05, 3.63) is 82.8 Å². The van der Waals surface area contributed by atoms with Crippen LogP contribution < -0.4 is 4.90 Å². The Labute approximate surface area is 235 Å². The molecule has 4 heterocycles. The first-order chi connectivity index (χ1) is 19.9. The predicted octanol–water partition coefficient (Wildman–Crippen LogP) is 5.79. The smallest absolute Gasteiger partial charge is 0.260 e. The number of rotatable bonds is 7. The van der Waals surface area contributed by atoms with Gasteiger partial charge in [-0.05, 0) is 85.3 Å². The van der Waals surface area contributed by atoms with Crippen LogP contribution in [0.5, 0.6) is 0 Å². The van der Waals surface area contributed by atoms with Gasteiger partial charge in [-0.25, -0.2) is 18.2 Å². The molecule has 2 aliphatic heterocycles. The van der Waals surface area contributed by atoms with Crippen LogP contribution in [0.15, 0.2) is 48.8 Å². The van der Waals surface area contributed by atoms with Gasteiger partial charge in [0.15, 0.2) is 5.82 Å². The van der Waals surface area contributed by atoms with Crippen LogP contribution >= 0.6 is 0 Å². The standard InChI is InChI=1S/C31H29F3N6O/c1-38-17-35-37-30(38)24-13-21(33)6-7-23(24)20-11-28(19-4-5-19)36-29(12-20)40-16-26-25(31(40)41)9-18(10-27(26)34)15-39-8-2-3-22(39)14-32/h6-7,9-13,17,19,22H,2-5,8,14-16H2,1H3/t22-/m1/s1. The van der Waals surface area contributed by atoms with Gasteiger partial charge in [0.1, 0.15) is 30.5 Å². The van der Waals surface area contributed by atoms with E-state index in [1.807, 2.05) is 11.0 Å². The van der Waals surface area contributed by atoms with E-state index in [1.165, 1.54) is 23.1 Å². The fourth-order valence-corrected chi connectivity index (χ4v) is 6.11. The largest absolute Gasteiger partial charge is 0.317 e. The van der Waals surface area contributed by atoms with Gasteiger partial charge in [-0.15, -0.1) is 10.2 Å². The van der Waals surface area contributed by atoms with Crippen molar-refractivity contribution in [3.8, 4) is 22.5 Å². The van der Waals surface area contributed by atoms with E-state index in [0.29, 0.717) is 40.4 Å². The van der Waals surface area contributed by atoms with E-state index in [9.17, 15) is 13.6 Å². The number of halogens is 3. The van der Waals surface area contributed by atoms with Crippen molar-refractivity contribution >= 4 is 11.7 Å². The Morgan fingerprint density at radius 3 is 2.61 bits per heavy atom. The highest BCUT2D eigenvalue weighted by atomic mass is 19.1. The summed E-state index contributed by atoms with van der Waals surface area (Å²) in [5, 5.41) is 8.14. The summed E-state index contributed by atoms with van der Waals surface area (Å²) in [6, 6.07) is 11.4. The molecule has 0 radical (unpaired) electrons. The number of aryl methyl sites for hydroxylation is 1. The number of hydrogen-bond acceptors (Lipinski definition) is 5. The summed E-state index contributed by atoms with van der Waals surface area (Å²) in [5.74, 6) is 0.0654. The second kappa shape index (κ2) is 10.1. The highest BCUT2D eigenvalue weighted by Crippen LogP contribution is 2.43. The Kier molecular flexibility index (Phi) is 6.37. The second-order valence-electron chi connectivity index (χ2n) is 11.3. The molecule has 0 spiro atoms. The number of benzene rings is 2. The second-order valence-corrected chi connectivity index (χ2v) is 11.3. The van der Waals surface area contributed by atoms with Crippen molar-refractivity contribution in [2.45, 2.75) is 50.7 Å². The number of carbonyl (C=O) groups excluding carboxylic acids is 1. The zero-order valence-corrected chi connectivity index (χ0v) is 22.7. The van der Waals surface area contributed by atoms with E-state index in [2.05, 4.69) is 10.2 Å². The lowest BCUT2D eigenvalue weighted by atomic mass is 9.98. The zero-order chi connectivity index (χ0) is 28.2. The molecule has 7 nitrogen and oxygen atoms in total. The van der Waals surface area contributed by atoms with Crippen LogP contribution in [-0.2, 0) is 20.1 Å². The average Bonchev–Trinajstić information content (AvgIpc) is 3.43. The van der Waals surface area contributed by atoms with Crippen molar-refractivity contribution in [1.29, 1.82) is 0 Å². The molecule has 2 aromatic carbocycles. The molecule has 10 heteroatoms. The minimum Gasteiger partial charge on any atom is -0.317 e. The van der Waals surface area contributed by atoms with Gasteiger partial charge >= 0.3 is 0 Å². The number of carbonyl (C=O) groups is 1. The topological polar surface area (TPSA) is 67.2 Å². The van der Waals surface area contributed by atoms with Gasteiger partial charge < -0.3 is 4.57 Å². The van der Waals surface area contributed by atoms with Crippen LogP contribution in [0.1, 0.15) is 58.8 Å². The highest BCUT2D eigenvalue weighted by molar-refractivity contribution is 6.10. The molecule has 7 rings (SSSR count). The van der Waals surface area contributed by atoms with E-state index >= 15 is 4.39 Å². The molecule has 0 N–H and O–H groups in total. The maximum atomic E-state index is 15.4. The van der Waals surface area contributed by atoms with Gasteiger partial charge in [-0.3, -0.25) is 14.6 Å². The minimum atomic E-state index is -0.439. The summed E-state index contributed by atoms with van der Waals surface area (Å²) in [7, 11) is 1.79. The number of fused-ring (bicyclic) bond motifs is 1. The minimum absolute atomic E-state index is 0.0667. The van der Waals surface area contributed by atoms with Gasteiger partial charge in [0.2, 0.25) is 0 Å². The van der Waals surface area contributed by atoms with Gasteiger partial charge in [0.25, 0.3) is 5.91 Å².